The fourth-order valence-electron chi connectivity index (χ4n) is 4.54. The van der Waals surface area contributed by atoms with Gasteiger partial charge in [-0.25, -0.2) is 18.4 Å². The van der Waals surface area contributed by atoms with Crippen LogP contribution in [0.25, 0.3) is 11.5 Å². The maximum Gasteiger partial charge on any atom is 0.251 e. The molecule has 39 heavy (non-hydrogen) atoms. The number of nitrogens with one attached hydrogen (secondary N) is 2. The fraction of sp³-hybridized carbons (Fsp3) is 0.296. The van der Waals surface area contributed by atoms with Crippen molar-refractivity contribution < 1.29 is 13.2 Å². The minimum Gasteiger partial charge on any atom is -0.378 e. The van der Waals surface area contributed by atoms with Gasteiger partial charge >= 0.3 is 0 Å². The SMILES string of the molecule is Cn1c(CNc2cccc(C(=O)NCc3ccccc3S(=O)(=O)N3CCCCC3)c2)nnc1-c1ccncn1. The van der Waals surface area contributed by atoms with Gasteiger partial charge in [0.05, 0.1) is 11.4 Å². The van der Waals surface area contributed by atoms with E-state index < -0.39 is 10.0 Å². The van der Waals surface area contributed by atoms with E-state index in [9.17, 15) is 13.2 Å². The summed E-state index contributed by atoms with van der Waals surface area (Å²) in [5.41, 5.74) is 2.43. The number of hydrogen-bond donors (Lipinski definition) is 2. The lowest BCUT2D eigenvalue weighted by molar-refractivity contribution is 0.0950. The second-order valence-corrected chi connectivity index (χ2v) is 11.2. The molecule has 5 rings (SSSR count). The molecule has 4 aromatic rings. The lowest BCUT2D eigenvalue weighted by Crippen LogP contribution is -2.36. The van der Waals surface area contributed by atoms with E-state index in [1.165, 1.54) is 6.33 Å². The van der Waals surface area contributed by atoms with Gasteiger partial charge in [0.1, 0.15) is 12.0 Å². The van der Waals surface area contributed by atoms with Gasteiger partial charge in [-0.2, -0.15) is 4.31 Å². The highest BCUT2D eigenvalue weighted by molar-refractivity contribution is 7.89. The number of piperidine rings is 1. The van der Waals surface area contributed by atoms with Gasteiger partial charge in [-0.3, -0.25) is 4.79 Å². The Balaban J connectivity index is 1.23. The molecule has 1 amide bonds. The summed E-state index contributed by atoms with van der Waals surface area (Å²) in [5.74, 6) is 1.03. The van der Waals surface area contributed by atoms with E-state index >= 15 is 0 Å². The average Bonchev–Trinajstić information content (AvgIpc) is 3.36. The van der Waals surface area contributed by atoms with Crippen LogP contribution in [-0.4, -0.2) is 56.5 Å². The molecule has 1 aliphatic heterocycles. The predicted molar refractivity (Wildman–Crippen MR) is 146 cm³/mol. The number of rotatable bonds is 9. The zero-order valence-corrected chi connectivity index (χ0v) is 22.4. The standard InChI is InChI=1S/C27H30N8O3S/c1-34-25(32-33-26(34)23-12-13-28-19-31-23)18-29-22-10-7-9-20(16-22)27(36)30-17-21-8-3-4-11-24(21)39(37,38)35-14-5-2-6-15-35/h3-4,7-13,16,19,29H,2,5-6,14-15,17-18H2,1H3,(H,30,36). The molecule has 3 heterocycles. The highest BCUT2D eigenvalue weighted by Crippen LogP contribution is 2.24. The third-order valence-electron chi connectivity index (χ3n) is 6.70. The molecule has 1 aliphatic rings. The zero-order chi connectivity index (χ0) is 27.2. The Kier molecular flexibility index (Phi) is 7.94. The third-order valence-corrected chi connectivity index (χ3v) is 8.70. The summed E-state index contributed by atoms with van der Waals surface area (Å²) >= 11 is 0. The molecule has 12 heteroatoms. The van der Waals surface area contributed by atoms with Gasteiger partial charge in [0.15, 0.2) is 11.6 Å². The molecular weight excluding hydrogens is 516 g/mol. The molecule has 0 radical (unpaired) electrons. The highest BCUT2D eigenvalue weighted by Gasteiger charge is 2.28. The van der Waals surface area contributed by atoms with Crippen LogP contribution in [0.4, 0.5) is 5.69 Å². The Hall–Kier alpha value is -4.16. The molecule has 0 spiro atoms. The fourth-order valence-corrected chi connectivity index (χ4v) is 6.28. The number of carbonyl (C=O) groups is 1. The van der Waals surface area contributed by atoms with Gasteiger partial charge < -0.3 is 15.2 Å². The van der Waals surface area contributed by atoms with Crippen molar-refractivity contribution in [2.24, 2.45) is 7.05 Å². The Bertz CT molecular complexity index is 1550. The second-order valence-electron chi connectivity index (χ2n) is 9.28. The number of hydrogen-bond acceptors (Lipinski definition) is 8. The maximum absolute atomic E-state index is 13.2. The number of carbonyl (C=O) groups excluding carboxylic acids is 1. The van der Waals surface area contributed by atoms with Gasteiger partial charge in [0.25, 0.3) is 5.91 Å². The average molecular weight is 547 g/mol. The molecule has 11 nitrogen and oxygen atoms in total. The van der Waals surface area contributed by atoms with Gasteiger partial charge in [-0.1, -0.05) is 30.7 Å². The number of sulfonamides is 1. The van der Waals surface area contributed by atoms with Crippen molar-refractivity contribution in [3.63, 3.8) is 0 Å². The molecule has 1 fully saturated rings. The van der Waals surface area contributed by atoms with Crippen LogP contribution in [-0.2, 0) is 30.2 Å². The molecule has 0 bridgehead atoms. The van der Waals surface area contributed by atoms with Gasteiger partial charge in [-0.05, 0) is 48.7 Å². The summed E-state index contributed by atoms with van der Waals surface area (Å²) in [6.45, 7) is 1.55. The summed E-state index contributed by atoms with van der Waals surface area (Å²) in [4.78, 5) is 21.4. The van der Waals surface area contributed by atoms with Crippen molar-refractivity contribution in [2.45, 2.75) is 37.2 Å². The molecule has 202 valence electrons. The Labute approximate surface area is 227 Å². The molecule has 2 aromatic carbocycles. The summed E-state index contributed by atoms with van der Waals surface area (Å²) in [7, 11) is -1.75. The van der Waals surface area contributed by atoms with E-state index in [1.807, 2.05) is 17.7 Å². The first-order valence-corrected chi connectivity index (χ1v) is 14.2. The van der Waals surface area contributed by atoms with E-state index in [0.29, 0.717) is 48.1 Å². The van der Waals surface area contributed by atoms with E-state index in [1.54, 1.807) is 59.0 Å². The highest BCUT2D eigenvalue weighted by atomic mass is 32.2. The Morgan fingerprint density at radius 1 is 0.974 bits per heavy atom. The first-order valence-electron chi connectivity index (χ1n) is 12.8. The van der Waals surface area contributed by atoms with Crippen LogP contribution in [0, 0.1) is 0 Å². The lowest BCUT2D eigenvalue weighted by atomic mass is 10.1. The van der Waals surface area contributed by atoms with Gasteiger partial charge in [-0.15, -0.1) is 10.2 Å². The number of benzene rings is 2. The van der Waals surface area contributed by atoms with E-state index in [2.05, 4.69) is 30.8 Å². The third kappa shape index (κ3) is 5.96. The smallest absolute Gasteiger partial charge is 0.251 e. The maximum atomic E-state index is 13.2. The number of aromatic nitrogens is 5. The first kappa shape index (κ1) is 26.4. The molecule has 0 atom stereocenters. The normalized spacial score (nSPS) is 14.2. The van der Waals surface area contributed by atoms with Crippen molar-refractivity contribution in [3.05, 3.63) is 84.1 Å². The van der Waals surface area contributed by atoms with Gasteiger partial charge in [0, 0.05) is 44.1 Å². The summed E-state index contributed by atoms with van der Waals surface area (Å²) in [6, 6.07) is 15.7. The molecule has 0 unspecified atom stereocenters. The van der Waals surface area contributed by atoms with Crippen LogP contribution in [0.3, 0.4) is 0 Å². The molecule has 0 aliphatic carbocycles. The van der Waals surface area contributed by atoms with Crippen molar-refractivity contribution in [3.8, 4) is 11.5 Å². The van der Waals surface area contributed by atoms with Crippen LogP contribution in [0.5, 0.6) is 0 Å². The molecule has 2 N–H and O–H groups in total. The van der Waals surface area contributed by atoms with Crippen LogP contribution in [0.15, 0.2) is 72.0 Å². The van der Waals surface area contributed by atoms with Crippen molar-refractivity contribution >= 4 is 21.6 Å². The van der Waals surface area contributed by atoms with Crippen molar-refractivity contribution in [1.82, 2.24) is 34.4 Å². The molecule has 0 saturated carbocycles. The largest absolute Gasteiger partial charge is 0.378 e. The van der Waals surface area contributed by atoms with Crippen LogP contribution < -0.4 is 10.6 Å². The van der Waals surface area contributed by atoms with E-state index in [0.717, 1.165) is 24.9 Å². The molecule has 2 aromatic heterocycles. The van der Waals surface area contributed by atoms with E-state index in [-0.39, 0.29) is 17.3 Å². The second kappa shape index (κ2) is 11.7. The van der Waals surface area contributed by atoms with E-state index in [4.69, 9.17) is 0 Å². The first-order chi connectivity index (χ1) is 18.9. The predicted octanol–water partition coefficient (Wildman–Crippen LogP) is 2.99. The van der Waals surface area contributed by atoms with Crippen LogP contribution in [0.2, 0.25) is 0 Å². The Morgan fingerprint density at radius 2 is 1.79 bits per heavy atom. The van der Waals surface area contributed by atoms with Crippen molar-refractivity contribution in [2.75, 3.05) is 18.4 Å². The quantitative estimate of drug-likeness (QED) is 0.327. The lowest BCUT2D eigenvalue weighted by Gasteiger charge is -2.26. The summed E-state index contributed by atoms with van der Waals surface area (Å²) < 4.78 is 29.9. The monoisotopic (exact) mass is 546 g/mol. The number of nitrogens with zero attached hydrogens (tertiary/aromatic N) is 6. The minimum atomic E-state index is -3.61. The summed E-state index contributed by atoms with van der Waals surface area (Å²) in [5, 5.41) is 14.6. The topological polar surface area (TPSA) is 135 Å². The van der Waals surface area contributed by atoms with Crippen molar-refractivity contribution in [1.29, 1.82) is 0 Å². The van der Waals surface area contributed by atoms with Crippen LogP contribution in [0.1, 0.15) is 41.0 Å². The number of amides is 1. The zero-order valence-electron chi connectivity index (χ0n) is 21.6. The molecular formula is C27H30N8O3S. The number of anilines is 1. The van der Waals surface area contributed by atoms with Gasteiger partial charge in [0.2, 0.25) is 10.0 Å². The van der Waals surface area contributed by atoms with Crippen LogP contribution >= 0.6 is 0 Å². The Morgan fingerprint density at radius 3 is 2.59 bits per heavy atom. The summed E-state index contributed by atoms with van der Waals surface area (Å²) in [6.07, 6.45) is 5.88. The minimum absolute atomic E-state index is 0.102. The molecule has 1 saturated heterocycles.